The van der Waals surface area contributed by atoms with Gasteiger partial charge in [-0.25, -0.2) is 0 Å². The molecule has 0 aromatic heterocycles. The van der Waals surface area contributed by atoms with E-state index in [4.69, 9.17) is 10.5 Å². The predicted octanol–water partition coefficient (Wildman–Crippen LogP) is 1.77. The molecule has 98 valence electrons. The normalized spacial score (nSPS) is 19.5. The first kappa shape index (κ1) is 12.9. The van der Waals surface area contributed by atoms with E-state index in [2.05, 4.69) is 0 Å². The highest BCUT2D eigenvalue weighted by Gasteiger charge is 2.19. The lowest BCUT2D eigenvalue weighted by atomic mass is 10.0. The van der Waals surface area contributed by atoms with Crippen molar-refractivity contribution in [1.29, 1.82) is 0 Å². The van der Waals surface area contributed by atoms with E-state index in [9.17, 15) is 4.79 Å². The molecule has 1 fully saturated rings. The van der Waals surface area contributed by atoms with Crippen LogP contribution in [-0.4, -0.2) is 37.6 Å². The molecule has 1 aromatic carbocycles. The zero-order chi connectivity index (χ0) is 13.0. The van der Waals surface area contributed by atoms with Crippen LogP contribution in [0.15, 0.2) is 24.3 Å². The fourth-order valence-corrected chi connectivity index (χ4v) is 2.31. The van der Waals surface area contributed by atoms with Gasteiger partial charge >= 0.3 is 0 Å². The van der Waals surface area contributed by atoms with E-state index in [1.807, 2.05) is 7.05 Å². The van der Waals surface area contributed by atoms with Crippen molar-refractivity contribution >= 4 is 11.6 Å². The number of amides is 1. The minimum atomic E-state index is 0.0212. The third-order valence-electron chi connectivity index (χ3n) is 3.27. The van der Waals surface area contributed by atoms with Crippen molar-refractivity contribution in [2.24, 2.45) is 5.92 Å². The van der Waals surface area contributed by atoms with Crippen molar-refractivity contribution in [2.75, 3.05) is 32.5 Å². The molecule has 1 unspecified atom stereocenters. The van der Waals surface area contributed by atoms with Crippen LogP contribution >= 0.6 is 0 Å². The quantitative estimate of drug-likeness (QED) is 0.829. The van der Waals surface area contributed by atoms with Crippen molar-refractivity contribution in [3.05, 3.63) is 29.8 Å². The monoisotopic (exact) mass is 248 g/mol. The Bertz CT molecular complexity index is 414. The maximum Gasteiger partial charge on any atom is 0.253 e. The molecule has 1 atom stereocenters. The second-order valence-corrected chi connectivity index (χ2v) is 4.89. The third kappa shape index (κ3) is 3.23. The molecule has 0 saturated carbocycles. The first-order valence-corrected chi connectivity index (χ1v) is 6.35. The van der Waals surface area contributed by atoms with Gasteiger partial charge in [0, 0.05) is 31.5 Å². The standard InChI is InChI=1S/C14H20N2O2/c1-16(9-11-4-3-7-18-10-11)14(17)12-5-2-6-13(15)8-12/h2,5-6,8,11H,3-4,7,9-10,15H2,1H3. The number of carbonyl (C=O) groups is 1. The average molecular weight is 248 g/mol. The zero-order valence-corrected chi connectivity index (χ0v) is 10.8. The van der Waals surface area contributed by atoms with Crippen LogP contribution in [0.4, 0.5) is 5.69 Å². The van der Waals surface area contributed by atoms with Crippen LogP contribution in [0.5, 0.6) is 0 Å². The Hall–Kier alpha value is -1.55. The van der Waals surface area contributed by atoms with Gasteiger partial charge in [-0.3, -0.25) is 4.79 Å². The SMILES string of the molecule is CN(CC1CCCOC1)C(=O)c1cccc(N)c1. The van der Waals surface area contributed by atoms with Crippen LogP contribution in [0.2, 0.25) is 0 Å². The molecule has 1 amide bonds. The number of nitrogen functional groups attached to an aromatic ring is 1. The Kier molecular flexibility index (Phi) is 4.20. The van der Waals surface area contributed by atoms with Crippen LogP contribution in [0, 0.1) is 5.92 Å². The number of nitrogens with two attached hydrogens (primary N) is 1. The molecule has 18 heavy (non-hydrogen) atoms. The second kappa shape index (κ2) is 5.87. The largest absolute Gasteiger partial charge is 0.399 e. The molecule has 0 bridgehead atoms. The number of rotatable bonds is 3. The van der Waals surface area contributed by atoms with E-state index in [0.717, 1.165) is 32.6 Å². The first-order valence-electron chi connectivity index (χ1n) is 6.35. The van der Waals surface area contributed by atoms with E-state index in [1.165, 1.54) is 0 Å². The Labute approximate surface area is 108 Å². The van der Waals surface area contributed by atoms with Gasteiger partial charge in [0.2, 0.25) is 0 Å². The molecule has 1 aliphatic heterocycles. The van der Waals surface area contributed by atoms with Crippen LogP contribution in [0.25, 0.3) is 0 Å². The van der Waals surface area contributed by atoms with Crippen molar-refractivity contribution in [3.63, 3.8) is 0 Å². The molecule has 1 saturated heterocycles. The van der Waals surface area contributed by atoms with Gasteiger partial charge in [0.05, 0.1) is 6.61 Å². The van der Waals surface area contributed by atoms with E-state index in [0.29, 0.717) is 17.2 Å². The van der Waals surface area contributed by atoms with Crippen molar-refractivity contribution in [3.8, 4) is 0 Å². The molecule has 0 radical (unpaired) electrons. The topological polar surface area (TPSA) is 55.6 Å². The van der Waals surface area contributed by atoms with Crippen molar-refractivity contribution in [1.82, 2.24) is 4.90 Å². The molecule has 0 aliphatic carbocycles. The van der Waals surface area contributed by atoms with E-state index >= 15 is 0 Å². The zero-order valence-electron chi connectivity index (χ0n) is 10.8. The minimum Gasteiger partial charge on any atom is -0.399 e. The smallest absolute Gasteiger partial charge is 0.253 e. The van der Waals surface area contributed by atoms with E-state index in [1.54, 1.807) is 29.2 Å². The highest BCUT2D eigenvalue weighted by atomic mass is 16.5. The Morgan fingerprint density at radius 3 is 3.06 bits per heavy atom. The van der Waals surface area contributed by atoms with E-state index < -0.39 is 0 Å². The number of nitrogens with zero attached hydrogens (tertiary/aromatic N) is 1. The second-order valence-electron chi connectivity index (χ2n) is 4.89. The molecule has 4 heteroatoms. The summed E-state index contributed by atoms with van der Waals surface area (Å²) in [4.78, 5) is 14.0. The summed E-state index contributed by atoms with van der Waals surface area (Å²) in [5.74, 6) is 0.474. The van der Waals surface area contributed by atoms with Gasteiger partial charge < -0.3 is 15.4 Å². The van der Waals surface area contributed by atoms with Gasteiger partial charge in [0.1, 0.15) is 0 Å². The molecule has 4 nitrogen and oxygen atoms in total. The number of carbonyl (C=O) groups excluding carboxylic acids is 1. The summed E-state index contributed by atoms with van der Waals surface area (Å²) < 4.78 is 5.43. The van der Waals surface area contributed by atoms with Gasteiger partial charge in [-0.05, 0) is 37.0 Å². The molecule has 0 spiro atoms. The molecular weight excluding hydrogens is 228 g/mol. The maximum absolute atomic E-state index is 12.2. The molecule has 1 heterocycles. The summed E-state index contributed by atoms with van der Waals surface area (Å²) in [6.45, 7) is 2.35. The number of anilines is 1. The van der Waals surface area contributed by atoms with E-state index in [-0.39, 0.29) is 5.91 Å². The van der Waals surface area contributed by atoms with Crippen LogP contribution in [0.3, 0.4) is 0 Å². The maximum atomic E-state index is 12.2. The lowest BCUT2D eigenvalue weighted by Crippen LogP contribution is -2.35. The summed E-state index contributed by atoms with van der Waals surface area (Å²) in [6, 6.07) is 7.11. The van der Waals surface area contributed by atoms with Crippen molar-refractivity contribution < 1.29 is 9.53 Å². The summed E-state index contributed by atoms with van der Waals surface area (Å²) in [7, 11) is 1.83. The van der Waals surface area contributed by atoms with Gasteiger partial charge in [-0.2, -0.15) is 0 Å². The Morgan fingerprint density at radius 2 is 2.39 bits per heavy atom. The highest BCUT2D eigenvalue weighted by molar-refractivity contribution is 5.94. The summed E-state index contributed by atoms with van der Waals surface area (Å²) >= 11 is 0. The minimum absolute atomic E-state index is 0.0212. The molecule has 1 aromatic rings. The number of hydrogen-bond donors (Lipinski definition) is 1. The Morgan fingerprint density at radius 1 is 1.56 bits per heavy atom. The summed E-state index contributed by atoms with van der Waals surface area (Å²) in [5.41, 5.74) is 6.96. The highest BCUT2D eigenvalue weighted by Crippen LogP contribution is 2.16. The molecule has 2 N–H and O–H groups in total. The van der Waals surface area contributed by atoms with Crippen LogP contribution < -0.4 is 5.73 Å². The lowest BCUT2D eigenvalue weighted by molar-refractivity contribution is 0.0388. The number of hydrogen-bond acceptors (Lipinski definition) is 3. The summed E-state index contributed by atoms with van der Waals surface area (Å²) in [6.07, 6.45) is 2.22. The van der Waals surface area contributed by atoms with Gasteiger partial charge in [-0.15, -0.1) is 0 Å². The molecule has 1 aliphatic rings. The average Bonchev–Trinajstić information content (AvgIpc) is 2.39. The lowest BCUT2D eigenvalue weighted by Gasteiger charge is -2.27. The molecule has 2 rings (SSSR count). The van der Waals surface area contributed by atoms with Gasteiger partial charge in [0.15, 0.2) is 0 Å². The third-order valence-corrected chi connectivity index (χ3v) is 3.27. The fourth-order valence-electron chi connectivity index (χ4n) is 2.31. The fraction of sp³-hybridized carbons (Fsp3) is 0.500. The molecular formula is C14H20N2O2. The summed E-state index contributed by atoms with van der Waals surface area (Å²) in [5, 5.41) is 0. The van der Waals surface area contributed by atoms with Crippen LogP contribution in [0.1, 0.15) is 23.2 Å². The van der Waals surface area contributed by atoms with Crippen molar-refractivity contribution in [2.45, 2.75) is 12.8 Å². The van der Waals surface area contributed by atoms with Crippen LogP contribution in [-0.2, 0) is 4.74 Å². The van der Waals surface area contributed by atoms with Gasteiger partial charge in [-0.1, -0.05) is 6.07 Å². The number of ether oxygens (including phenoxy) is 1. The first-order chi connectivity index (χ1) is 8.66. The predicted molar refractivity (Wildman–Crippen MR) is 71.4 cm³/mol. The van der Waals surface area contributed by atoms with Gasteiger partial charge in [0.25, 0.3) is 5.91 Å². The number of benzene rings is 1. The Balaban J connectivity index is 1.95.